The normalized spacial score (nSPS) is 14.9. The van der Waals surface area contributed by atoms with Crippen molar-refractivity contribution < 1.29 is 9.59 Å². The summed E-state index contributed by atoms with van der Waals surface area (Å²) in [7, 11) is 0. The van der Waals surface area contributed by atoms with Gasteiger partial charge in [-0.05, 0) is 48.6 Å². The molecule has 1 atom stereocenters. The van der Waals surface area contributed by atoms with E-state index in [1.807, 2.05) is 67.6 Å². The number of hydrogen-bond acceptors (Lipinski definition) is 2. The van der Waals surface area contributed by atoms with Crippen LogP contribution in [0.1, 0.15) is 68.1 Å². The Morgan fingerprint density at radius 1 is 0.861 bits per heavy atom. The van der Waals surface area contributed by atoms with Crippen molar-refractivity contribution in [1.29, 1.82) is 0 Å². The van der Waals surface area contributed by atoms with E-state index in [2.05, 4.69) is 45.5 Å². The molecule has 1 aliphatic carbocycles. The van der Waals surface area contributed by atoms with E-state index in [9.17, 15) is 9.59 Å². The van der Waals surface area contributed by atoms with E-state index in [4.69, 9.17) is 0 Å². The molecule has 0 aromatic heterocycles. The lowest BCUT2D eigenvalue weighted by atomic mass is 9.88. The average Bonchev–Trinajstić information content (AvgIpc) is 2.92. The molecule has 2 amide bonds. The first-order valence-electron chi connectivity index (χ1n) is 13.0. The summed E-state index contributed by atoms with van der Waals surface area (Å²) in [6.45, 7) is 2.25. The lowest BCUT2D eigenvalue weighted by molar-refractivity contribution is -0.141. The van der Waals surface area contributed by atoms with Crippen LogP contribution in [0.5, 0.6) is 0 Å². The zero-order valence-corrected chi connectivity index (χ0v) is 22.5. The van der Waals surface area contributed by atoms with Gasteiger partial charge in [-0.25, -0.2) is 0 Å². The van der Waals surface area contributed by atoms with Gasteiger partial charge in [0, 0.05) is 29.4 Å². The molecule has 3 aromatic carbocycles. The molecule has 0 radical (unpaired) electrons. The number of hydrogen-bond donors (Lipinski definition) is 1. The number of nitrogens with zero attached hydrogens (tertiary/aromatic N) is 1. The lowest BCUT2D eigenvalue weighted by Crippen LogP contribution is -2.50. The van der Waals surface area contributed by atoms with Crippen LogP contribution in [0.15, 0.2) is 89.4 Å². The standard InChI is InChI=1S/C31H35BrN2O2/c1-23(31(36)33-28-15-9-4-10-16-28)34(22-24-17-19-27(32)20-18-24)30(35)21-29(25-11-5-2-6-12-25)26-13-7-3-8-14-26/h2-3,5-8,11-14,17-20,23,28-29H,4,9-10,15-16,21-22H2,1H3,(H,33,36). The summed E-state index contributed by atoms with van der Waals surface area (Å²) in [5, 5.41) is 3.23. The van der Waals surface area contributed by atoms with Crippen LogP contribution >= 0.6 is 15.9 Å². The Morgan fingerprint density at radius 2 is 1.42 bits per heavy atom. The monoisotopic (exact) mass is 546 g/mol. The van der Waals surface area contributed by atoms with Crippen molar-refractivity contribution in [2.75, 3.05) is 0 Å². The summed E-state index contributed by atoms with van der Waals surface area (Å²) >= 11 is 3.49. The number of benzene rings is 3. The second-order valence-corrected chi connectivity index (χ2v) is 10.7. The second kappa shape index (κ2) is 12.9. The Morgan fingerprint density at radius 3 is 1.97 bits per heavy atom. The van der Waals surface area contributed by atoms with E-state index in [-0.39, 0.29) is 23.8 Å². The summed E-state index contributed by atoms with van der Waals surface area (Å²) < 4.78 is 0.987. The number of halogens is 1. The topological polar surface area (TPSA) is 49.4 Å². The zero-order chi connectivity index (χ0) is 25.3. The van der Waals surface area contributed by atoms with Crippen LogP contribution in [0, 0.1) is 0 Å². The average molecular weight is 548 g/mol. The van der Waals surface area contributed by atoms with Crippen LogP contribution in [0.4, 0.5) is 0 Å². The largest absolute Gasteiger partial charge is 0.352 e. The Labute approximate surface area is 223 Å². The molecule has 4 nitrogen and oxygen atoms in total. The molecule has 4 rings (SSSR count). The van der Waals surface area contributed by atoms with Gasteiger partial charge in [0.15, 0.2) is 0 Å². The minimum Gasteiger partial charge on any atom is -0.352 e. The van der Waals surface area contributed by atoms with Crippen LogP contribution in [0.2, 0.25) is 0 Å². The maximum absolute atomic E-state index is 13.9. The minimum absolute atomic E-state index is 0.0260. The summed E-state index contributed by atoms with van der Waals surface area (Å²) in [6.07, 6.45) is 5.86. The fourth-order valence-electron chi connectivity index (χ4n) is 5.03. The van der Waals surface area contributed by atoms with Gasteiger partial charge in [-0.3, -0.25) is 9.59 Å². The van der Waals surface area contributed by atoms with Crippen molar-refractivity contribution in [2.45, 2.75) is 70.0 Å². The molecule has 188 valence electrons. The van der Waals surface area contributed by atoms with Gasteiger partial charge >= 0.3 is 0 Å². The highest BCUT2D eigenvalue weighted by Crippen LogP contribution is 2.29. The summed E-state index contributed by atoms with van der Waals surface area (Å²) in [5.74, 6) is -0.175. The van der Waals surface area contributed by atoms with Gasteiger partial charge in [0.05, 0.1) is 0 Å². The van der Waals surface area contributed by atoms with Crippen LogP contribution < -0.4 is 5.32 Å². The fourth-order valence-corrected chi connectivity index (χ4v) is 5.29. The zero-order valence-electron chi connectivity index (χ0n) is 20.9. The maximum Gasteiger partial charge on any atom is 0.242 e. The van der Waals surface area contributed by atoms with Crippen molar-refractivity contribution in [1.82, 2.24) is 10.2 Å². The van der Waals surface area contributed by atoms with Gasteiger partial charge in [0.25, 0.3) is 0 Å². The molecule has 1 N–H and O–H groups in total. The molecule has 36 heavy (non-hydrogen) atoms. The highest BCUT2D eigenvalue weighted by atomic mass is 79.9. The summed E-state index contributed by atoms with van der Waals surface area (Å²) in [6, 6.07) is 27.9. The van der Waals surface area contributed by atoms with E-state index in [1.54, 1.807) is 4.90 Å². The van der Waals surface area contributed by atoms with Crippen molar-refractivity contribution in [3.8, 4) is 0 Å². The van der Waals surface area contributed by atoms with Crippen LogP contribution in [-0.2, 0) is 16.1 Å². The van der Waals surface area contributed by atoms with Gasteiger partial charge in [-0.1, -0.05) is 108 Å². The van der Waals surface area contributed by atoms with E-state index < -0.39 is 6.04 Å². The van der Waals surface area contributed by atoms with Gasteiger partial charge < -0.3 is 10.2 Å². The molecule has 5 heteroatoms. The third kappa shape index (κ3) is 7.07. The smallest absolute Gasteiger partial charge is 0.242 e. The lowest BCUT2D eigenvalue weighted by Gasteiger charge is -2.32. The molecule has 1 fully saturated rings. The minimum atomic E-state index is -0.560. The highest BCUT2D eigenvalue weighted by Gasteiger charge is 2.30. The van der Waals surface area contributed by atoms with E-state index in [0.717, 1.165) is 46.8 Å². The van der Waals surface area contributed by atoms with E-state index in [1.165, 1.54) is 6.42 Å². The maximum atomic E-state index is 13.9. The molecule has 1 saturated carbocycles. The highest BCUT2D eigenvalue weighted by molar-refractivity contribution is 9.10. The Kier molecular flexibility index (Phi) is 9.35. The third-order valence-electron chi connectivity index (χ3n) is 7.17. The molecule has 0 heterocycles. The van der Waals surface area contributed by atoms with E-state index >= 15 is 0 Å². The molecule has 1 aliphatic rings. The Balaban J connectivity index is 1.58. The van der Waals surface area contributed by atoms with Gasteiger partial charge in [-0.15, -0.1) is 0 Å². The molecule has 0 spiro atoms. The van der Waals surface area contributed by atoms with E-state index in [0.29, 0.717) is 13.0 Å². The Bertz CT molecular complexity index is 1070. The van der Waals surface area contributed by atoms with Crippen LogP contribution in [0.3, 0.4) is 0 Å². The predicted molar refractivity (Wildman–Crippen MR) is 149 cm³/mol. The van der Waals surface area contributed by atoms with Gasteiger partial charge in [-0.2, -0.15) is 0 Å². The first-order valence-corrected chi connectivity index (χ1v) is 13.7. The van der Waals surface area contributed by atoms with Crippen molar-refractivity contribution in [3.63, 3.8) is 0 Å². The number of nitrogens with one attached hydrogen (secondary N) is 1. The van der Waals surface area contributed by atoms with Gasteiger partial charge in [0.1, 0.15) is 6.04 Å². The molecule has 3 aromatic rings. The van der Waals surface area contributed by atoms with Crippen molar-refractivity contribution in [2.24, 2.45) is 0 Å². The van der Waals surface area contributed by atoms with Crippen molar-refractivity contribution in [3.05, 3.63) is 106 Å². The number of carbonyl (C=O) groups excluding carboxylic acids is 2. The van der Waals surface area contributed by atoms with Crippen molar-refractivity contribution >= 4 is 27.7 Å². The third-order valence-corrected chi connectivity index (χ3v) is 7.70. The number of carbonyl (C=O) groups is 2. The van der Waals surface area contributed by atoms with Crippen LogP contribution in [-0.4, -0.2) is 28.8 Å². The quantitative estimate of drug-likeness (QED) is 0.319. The Hall–Kier alpha value is -2.92. The second-order valence-electron chi connectivity index (χ2n) is 9.75. The summed E-state index contributed by atoms with van der Waals surface area (Å²) in [5.41, 5.74) is 3.19. The first-order chi connectivity index (χ1) is 17.5. The van der Waals surface area contributed by atoms with Gasteiger partial charge in [0.2, 0.25) is 11.8 Å². The molecule has 0 aliphatic heterocycles. The molecule has 0 bridgehead atoms. The number of rotatable bonds is 9. The molecule has 0 saturated heterocycles. The molecule has 1 unspecified atom stereocenters. The fraction of sp³-hybridized carbons (Fsp3) is 0.355. The SMILES string of the molecule is CC(C(=O)NC1CCCCC1)N(Cc1ccc(Br)cc1)C(=O)CC(c1ccccc1)c1ccccc1. The molecular formula is C31H35BrN2O2. The first kappa shape index (κ1) is 26.2. The molecular weight excluding hydrogens is 512 g/mol. The predicted octanol–water partition coefficient (Wildman–Crippen LogP) is 6.84. The number of amides is 2. The van der Waals surface area contributed by atoms with Crippen LogP contribution in [0.25, 0.3) is 0 Å². The summed E-state index contributed by atoms with van der Waals surface area (Å²) in [4.78, 5) is 29.0.